The van der Waals surface area contributed by atoms with Gasteiger partial charge in [0.25, 0.3) is 0 Å². The van der Waals surface area contributed by atoms with E-state index < -0.39 is 17.5 Å². The maximum Gasteiger partial charge on any atom is 0.141 e. The molecule has 0 amide bonds. The number of nitrogens with zero attached hydrogens (tertiary/aromatic N) is 2. The van der Waals surface area contributed by atoms with Gasteiger partial charge in [0.05, 0.1) is 17.5 Å². The lowest BCUT2D eigenvalue weighted by Gasteiger charge is -2.11. The number of carbonyl (C=O) groups is 2. The number of hydrogen-bond donors (Lipinski definition) is 1. The second-order valence-corrected chi connectivity index (χ2v) is 4.45. The van der Waals surface area contributed by atoms with Crippen molar-refractivity contribution in [3.05, 3.63) is 41.4 Å². The van der Waals surface area contributed by atoms with Crippen molar-refractivity contribution in [3.63, 3.8) is 0 Å². The molecule has 0 aliphatic heterocycles. The molecular weight excluding hydrogens is 274 g/mol. The second-order valence-electron chi connectivity index (χ2n) is 4.45. The van der Waals surface area contributed by atoms with Crippen LogP contribution in [-0.4, -0.2) is 21.9 Å². The van der Waals surface area contributed by atoms with E-state index in [2.05, 4.69) is 15.3 Å². The third kappa shape index (κ3) is 2.97. The van der Waals surface area contributed by atoms with E-state index in [0.717, 1.165) is 17.3 Å². The minimum absolute atomic E-state index is 0.295. The van der Waals surface area contributed by atoms with Crippen LogP contribution in [0.15, 0.2) is 30.2 Å². The van der Waals surface area contributed by atoms with Gasteiger partial charge in [-0.05, 0) is 37.1 Å². The third-order valence-corrected chi connectivity index (χ3v) is 3.04. The van der Waals surface area contributed by atoms with Gasteiger partial charge in [0.2, 0.25) is 0 Å². The number of carbonyl (C=O) groups excluding carboxylic acids is 2. The van der Waals surface area contributed by atoms with E-state index in [4.69, 9.17) is 0 Å². The summed E-state index contributed by atoms with van der Waals surface area (Å²) in [6.45, 7) is 3.85. The summed E-state index contributed by atoms with van der Waals surface area (Å²) in [5.41, 5.74) is 1.72. The number of fused-ring (bicyclic) bond motifs is 1. The average Bonchev–Trinajstić information content (AvgIpc) is 2.40. The Kier molecular flexibility index (Phi) is 3.84. The number of carboxylic acid groups (broad SMARTS) is 2. The first-order valence-electron chi connectivity index (χ1n) is 6.01. The molecule has 0 aliphatic carbocycles. The van der Waals surface area contributed by atoms with Gasteiger partial charge in [-0.1, -0.05) is 0 Å². The van der Waals surface area contributed by atoms with Crippen LogP contribution in [0.25, 0.3) is 10.9 Å². The molecule has 1 heterocycles. The molecular formula is C14H11N3O4-2. The van der Waals surface area contributed by atoms with Crippen LogP contribution >= 0.6 is 0 Å². The molecule has 1 aromatic carbocycles. The summed E-state index contributed by atoms with van der Waals surface area (Å²) in [4.78, 5) is 29.4. The van der Waals surface area contributed by atoms with Gasteiger partial charge in [-0.3, -0.25) is 0 Å². The predicted octanol–water partition coefficient (Wildman–Crippen LogP) is -0.958. The van der Waals surface area contributed by atoms with Crippen LogP contribution in [0.4, 0.5) is 5.82 Å². The summed E-state index contributed by atoms with van der Waals surface area (Å²) in [6, 6.07) is 3.69. The van der Waals surface area contributed by atoms with Crippen molar-refractivity contribution in [1.29, 1.82) is 0 Å². The molecule has 0 atom stereocenters. The molecule has 0 saturated carbocycles. The summed E-state index contributed by atoms with van der Waals surface area (Å²) in [5.74, 6) is -3.39. The fourth-order valence-corrected chi connectivity index (χ4v) is 1.77. The van der Waals surface area contributed by atoms with E-state index in [0.29, 0.717) is 16.7 Å². The van der Waals surface area contributed by atoms with Crippen LogP contribution in [0.1, 0.15) is 11.1 Å². The van der Waals surface area contributed by atoms with Gasteiger partial charge >= 0.3 is 0 Å². The Morgan fingerprint density at radius 2 is 1.71 bits per heavy atom. The zero-order valence-electron chi connectivity index (χ0n) is 11.3. The lowest BCUT2D eigenvalue weighted by molar-refractivity contribution is -0.312. The average molecular weight is 285 g/mol. The number of anilines is 1. The van der Waals surface area contributed by atoms with Gasteiger partial charge in [0, 0.05) is 17.2 Å². The Morgan fingerprint density at radius 3 is 2.33 bits per heavy atom. The number of aliphatic carboxylic acids is 2. The number of aromatic nitrogens is 2. The number of nitrogens with one attached hydrogen (secondary N) is 1. The Labute approximate surface area is 120 Å². The SMILES string of the molecule is Cc1cc2ncnc(NC=C(C(=O)[O-])C(=O)[O-])c2cc1C. The minimum Gasteiger partial charge on any atom is -0.545 e. The van der Waals surface area contributed by atoms with Crippen LogP contribution in [0.5, 0.6) is 0 Å². The fourth-order valence-electron chi connectivity index (χ4n) is 1.77. The van der Waals surface area contributed by atoms with E-state index in [1.54, 1.807) is 0 Å². The molecule has 0 bridgehead atoms. The Balaban J connectivity index is 2.48. The van der Waals surface area contributed by atoms with Crippen LogP contribution in [0.2, 0.25) is 0 Å². The first kappa shape index (κ1) is 14.4. The van der Waals surface area contributed by atoms with Gasteiger partial charge in [-0.2, -0.15) is 0 Å². The normalized spacial score (nSPS) is 10.2. The van der Waals surface area contributed by atoms with Crippen LogP contribution < -0.4 is 15.5 Å². The highest BCUT2D eigenvalue weighted by molar-refractivity contribution is 6.11. The fraction of sp³-hybridized carbons (Fsp3) is 0.143. The van der Waals surface area contributed by atoms with E-state index in [-0.39, 0.29) is 0 Å². The molecule has 0 unspecified atom stereocenters. The smallest absolute Gasteiger partial charge is 0.141 e. The summed E-state index contributed by atoms with van der Waals surface area (Å²) in [6.07, 6.45) is 2.08. The Morgan fingerprint density at radius 1 is 1.10 bits per heavy atom. The molecule has 0 spiro atoms. The standard InChI is InChI=1S/C14H13N3O4/c1-7-3-9-11(4-8(7)2)16-6-17-12(9)15-5-10(13(18)19)14(20)21/h3-6H,1-2H3,(H,18,19)(H,20,21)(H,15,16,17)/p-2. The number of carboxylic acids is 2. The largest absolute Gasteiger partial charge is 0.545 e. The number of hydrogen-bond acceptors (Lipinski definition) is 7. The maximum absolute atomic E-state index is 10.7. The Hall–Kier alpha value is -2.96. The molecule has 7 nitrogen and oxygen atoms in total. The van der Waals surface area contributed by atoms with Crippen LogP contribution in [0.3, 0.4) is 0 Å². The molecule has 0 radical (unpaired) electrons. The van der Waals surface area contributed by atoms with E-state index in [9.17, 15) is 19.8 Å². The zero-order valence-corrected chi connectivity index (χ0v) is 11.3. The number of aryl methyl sites for hydroxylation is 2. The van der Waals surface area contributed by atoms with E-state index >= 15 is 0 Å². The second kappa shape index (κ2) is 5.58. The third-order valence-electron chi connectivity index (χ3n) is 3.04. The number of rotatable bonds is 4. The molecule has 2 rings (SSSR count). The van der Waals surface area contributed by atoms with Crippen molar-refractivity contribution >= 4 is 28.7 Å². The van der Waals surface area contributed by atoms with Gasteiger partial charge in [-0.25, -0.2) is 9.97 Å². The van der Waals surface area contributed by atoms with Gasteiger partial charge < -0.3 is 25.1 Å². The first-order valence-corrected chi connectivity index (χ1v) is 6.01. The zero-order chi connectivity index (χ0) is 15.6. The van der Waals surface area contributed by atoms with Crippen LogP contribution in [-0.2, 0) is 9.59 Å². The molecule has 0 aliphatic rings. The monoisotopic (exact) mass is 285 g/mol. The quantitative estimate of drug-likeness (QED) is 0.436. The van der Waals surface area contributed by atoms with E-state index in [1.165, 1.54) is 6.33 Å². The molecule has 0 fully saturated rings. The van der Waals surface area contributed by atoms with Crippen molar-refractivity contribution in [2.75, 3.05) is 5.32 Å². The minimum atomic E-state index is -1.84. The molecule has 1 aromatic heterocycles. The molecule has 7 heteroatoms. The highest BCUT2D eigenvalue weighted by Crippen LogP contribution is 2.22. The summed E-state index contributed by atoms with van der Waals surface area (Å²) in [7, 11) is 0. The Bertz CT molecular complexity index is 752. The highest BCUT2D eigenvalue weighted by Gasteiger charge is 2.06. The molecule has 0 saturated heterocycles. The molecule has 21 heavy (non-hydrogen) atoms. The van der Waals surface area contributed by atoms with Crippen LogP contribution in [0, 0.1) is 13.8 Å². The topological polar surface area (TPSA) is 118 Å². The van der Waals surface area contributed by atoms with Crippen molar-refractivity contribution in [2.45, 2.75) is 13.8 Å². The van der Waals surface area contributed by atoms with Crippen molar-refractivity contribution in [2.24, 2.45) is 0 Å². The highest BCUT2D eigenvalue weighted by atomic mass is 16.4. The first-order chi connectivity index (χ1) is 9.90. The maximum atomic E-state index is 10.7. The molecule has 1 N–H and O–H groups in total. The van der Waals surface area contributed by atoms with Gasteiger partial charge in [0.1, 0.15) is 12.1 Å². The summed E-state index contributed by atoms with van der Waals surface area (Å²) < 4.78 is 0. The van der Waals surface area contributed by atoms with Crippen molar-refractivity contribution < 1.29 is 19.8 Å². The lowest BCUT2D eigenvalue weighted by atomic mass is 10.1. The van der Waals surface area contributed by atoms with Crippen molar-refractivity contribution in [1.82, 2.24) is 9.97 Å². The number of benzene rings is 1. The summed E-state index contributed by atoms with van der Waals surface area (Å²) in [5, 5.41) is 24.5. The lowest BCUT2D eigenvalue weighted by Crippen LogP contribution is -2.36. The molecule has 2 aromatic rings. The predicted molar refractivity (Wildman–Crippen MR) is 70.7 cm³/mol. The summed E-state index contributed by atoms with van der Waals surface area (Å²) >= 11 is 0. The molecule has 108 valence electrons. The van der Waals surface area contributed by atoms with Gasteiger partial charge in [-0.15, -0.1) is 0 Å². The van der Waals surface area contributed by atoms with Crippen molar-refractivity contribution in [3.8, 4) is 0 Å². The van der Waals surface area contributed by atoms with Gasteiger partial charge in [0.15, 0.2) is 0 Å². The van der Waals surface area contributed by atoms with E-state index in [1.807, 2.05) is 26.0 Å².